The lowest BCUT2D eigenvalue weighted by molar-refractivity contribution is -0.138. The standard InChI is InChI=1S/C16H22BrF3N4O2/c1-15(2,24-6-4-3-5-7-24)9-22-14(25)26-13-11(21)8-10(12(17)23-13)16(18,19)20/h8H,3-7,9,21H2,1-2H3,(H,22,25). The summed E-state index contributed by atoms with van der Waals surface area (Å²) in [5.74, 6) is -0.377. The van der Waals surface area contributed by atoms with Gasteiger partial charge in [0.2, 0.25) is 5.88 Å². The highest BCUT2D eigenvalue weighted by atomic mass is 79.9. The summed E-state index contributed by atoms with van der Waals surface area (Å²) in [7, 11) is 0. The number of carbonyl (C=O) groups is 1. The fraction of sp³-hybridized carbons (Fsp3) is 0.625. The molecule has 0 bridgehead atoms. The number of anilines is 1. The summed E-state index contributed by atoms with van der Waals surface area (Å²) < 4.78 is 42.9. The number of halogens is 4. The Labute approximate surface area is 158 Å². The number of nitrogens with zero attached hydrogens (tertiary/aromatic N) is 2. The monoisotopic (exact) mass is 438 g/mol. The van der Waals surface area contributed by atoms with E-state index in [1.165, 1.54) is 6.42 Å². The van der Waals surface area contributed by atoms with Crippen molar-refractivity contribution in [1.29, 1.82) is 0 Å². The smallest absolute Gasteiger partial charge is 0.394 e. The second-order valence-corrected chi connectivity index (χ2v) is 7.57. The second-order valence-electron chi connectivity index (χ2n) is 6.82. The van der Waals surface area contributed by atoms with Gasteiger partial charge >= 0.3 is 12.3 Å². The van der Waals surface area contributed by atoms with Crippen molar-refractivity contribution >= 4 is 27.7 Å². The van der Waals surface area contributed by atoms with Crippen LogP contribution >= 0.6 is 15.9 Å². The zero-order chi connectivity index (χ0) is 19.5. The number of hydrogen-bond donors (Lipinski definition) is 2. The van der Waals surface area contributed by atoms with Gasteiger partial charge in [0.05, 0.1) is 11.3 Å². The number of amides is 1. The molecule has 0 aliphatic carbocycles. The summed E-state index contributed by atoms with van der Waals surface area (Å²) in [6, 6.07) is 0.678. The number of nitrogens with two attached hydrogens (primary N) is 1. The first-order chi connectivity index (χ1) is 12.0. The van der Waals surface area contributed by atoms with Gasteiger partial charge in [-0.1, -0.05) is 6.42 Å². The van der Waals surface area contributed by atoms with Gasteiger partial charge in [-0.2, -0.15) is 13.2 Å². The van der Waals surface area contributed by atoms with Crippen LogP contribution in [0.3, 0.4) is 0 Å². The van der Waals surface area contributed by atoms with Gasteiger partial charge in [-0.3, -0.25) is 4.90 Å². The van der Waals surface area contributed by atoms with Crippen LogP contribution in [-0.2, 0) is 6.18 Å². The average Bonchev–Trinajstić information content (AvgIpc) is 2.56. The molecule has 1 amide bonds. The van der Waals surface area contributed by atoms with Crippen molar-refractivity contribution in [2.75, 3.05) is 25.4 Å². The first kappa shape index (κ1) is 20.8. The molecule has 0 radical (unpaired) electrons. The molecule has 2 rings (SSSR count). The van der Waals surface area contributed by atoms with E-state index in [4.69, 9.17) is 10.5 Å². The van der Waals surface area contributed by atoms with Gasteiger partial charge in [0.25, 0.3) is 0 Å². The maximum atomic E-state index is 12.8. The third-order valence-corrected chi connectivity index (χ3v) is 4.95. The lowest BCUT2D eigenvalue weighted by atomic mass is 9.98. The van der Waals surface area contributed by atoms with Gasteiger partial charge < -0.3 is 15.8 Å². The number of aromatic nitrogens is 1. The van der Waals surface area contributed by atoms with E-state index in [0.29, 0.717) is 12.6 Å². The summed E-state index contributed by atoms with van der Waals surface area (Å²) in [5.41, 5.74) is 3.87. The van der Waals surface area contributed by atoms with Crippen LogP contribution in [0.5, 0.6) is 5.88 Å². The summed E-state index contributed by atoms with van der Waals surface area (Å²) in [4.78, 5) is 17.9. The van der Waals surface area contributed by atoms with Gasteiger partial charge in [0, 0.05) is 12.1 Å². The van der Waals surface area contributed by atoms with E-state index in [-0.39, 0.29) is 17.1 Å². The van der Waals surface area contributed by atoms with E-state index < -0.39 is 22.4 Å². The van der Waals surface area contributed by atoms with Gasteiger partial charge in [0.15, 0.2) is 0 Å². The van der Waals surface area contributed by atoms with Crippen molar-refractivity contribution in [2.45, 2.75) is 44.8 Å². The van der Waals surface area contributed by atoms with E-state index in [1.54, 1.807) is 0 Å². The third kappa shape index (κ3) is 5.23. The Bertz CT molecular complexity index is 662. The minimum Gasteiger partial charge on any atom is -0.394 e. The molecule has 0 atom stereocenters. The summed E-state index contributed by atoms with van der Waals surface area (Å²) in [5, 5.41) is 2.62. The Hall–Kier alpha value is -1.55. The molecule has 146 valence electrons. The summed E-state index contributed by atoms with van der Waals surface area (Å²) in [6.07, 6.45) is -1.99. The van der Waals surface area contributed by atoms with Gasteiger partial charge in [-0.05, 0) is 61.8 Å². The molecule has 0 spiro atoms. The minimum absolute atomic E-state index is 0.265. The number of nitrogen functional groups attached to an aromatic ring is 1. The van der Waals surface area contributed by atoms with Crippen molar-refractivity contribution < 1.29 is 22.7 Å². The van der Waals surface area contributed by atoms with Gasteiger partial charge in [0.1, 0.15) is 4.60 Å². The Balaban J connectivity index is 1.98. The summed E-state index contributed by atoms with van der Waals surface area (Å²) >= 11 is 2.72. The largest absolute Gasteiger partial charge is 0.419 e. The number of pyridine rings is 1. The van der Waals surface area contributed by atoms with E-state index in [1.807, 2.05) is 13.8 Å². The van der Waals surface area contributed by atoms with Crippen molar-refractivity contribution in [1.82, 2.24) is 15.2 Å². The normalized spacial score (nSPS) is 16.4. The highest BCUT2D eigenvalue weighted by Crippen LogP contribution is 2.37. The Kier molecular flexibility index (Phi) is 6.38. The molecule has 26 heavy (non-hydrogen) atoms. The second kappa shape index (κ2) is 7.99. The number of nitrogens with one attached hydrogen (secondary N) is 1. The lowest BCUT2D eigenvalue weighted by Gasteiger charge is -2.40. The molecule has 2 heterocycles. The predicted octanol–water partition coefficient (Wildman–Crippen LogP) is 3.80. The number of piperidine rings is 1. The van der Waals surface area contributed by atoms with Crippen LogP contribution in [0.1, 0.15) is 38.7 Å². The van der Waals surface area contributed by atoms with Crippen molar-refractivity contribution in [3.05, 3.63) is 16.2 Å². The third-order valence-electron chi connectivity index (χ3n) is 4.34. The molecular formula is C16H22BrF3N4O2. The Morgan fingerprint density at radius 2 is 1.96 bits per heavy atom. The SMILES string of the molecule is CC(C)(CNC(=O)Oc1nc(Br)c(C(F)(F)F)cc1N)N1CCCCC1. The van der Waals surface area contributed by atoms with Crippen LogP contribution in [0.15, 0.2) is 10.7 Å². The van der Waals surface area contributed by atoms with Crippen molar-refractivity contribution in [2.24, 2.45) is 0 Å². The highest BCUT2D eigenvalue weighted by molar-refractivity contribution is 9.10. The topological polar surface area (TPSA) is 80.5 Å². The number of alkyl halides is 3. The molecule has 0 unspecified atom stereocenters. The molecule has 0 aromatic carbocycles. The van der Waals surface area contributed by atoms with E-state index in [9.17, 15) is 18.0 Å². The van der Waals surface area contributed by atoms with Crippen LogP contribution in [0.4, 0.5) is 23.7 Å². The fourth-order valence-electron chi connectivity index (χ4n) is 2.79. The first-order valence-corrected chi connectivity index (χ1v) is 9.04. The number of likely N-dealkylation sites (tertiary alicyclic amines) is 1. The van der Waals surface area contributed by atoms with Crippen LogP contribution in [-0.4, -0.2) is 41.2 Å². The maximum Gasteiger partial charge on any atom is 0.419 e. The minimum atomic E-state index is -4.61. The molecule has 1 saturated heterocycles. The van der Waals surface area contributed by atoms with Crippen molar-refractivity contribution in [3.8, 4) is 5.88 Å². The Morgan fingerprint density at radius 3 is 2.54 bits per heavy atom. The van der Waals surface area contributed by atoms with E-state index in [2.05, 4.69) is 31.1 Å². The predicted molar refractivity (Wildman–Crippen MR) is 94.9 cm³/mol. The summed E-state index contributed by atoms with van der Waals surface area (Å²) in [6.45, 7) is 6.28. The molecule has 6 nitrogen and oxygen atoms in total. The lowest BCUT2D eigenvalue weighted by Crippen LogP contribution is -2.53. The van der Waals surface area contributed by atoms with Gasteiger partial charge in [-0.15, -0.1) is 0 Å². The van der Waals surface area contributed by atoms with Crippen LogP contribution < -0.4 is 15.8 Å². The Morgan fingerprint density at radius 1 is 1.35 bits per heavy atom. The van der Waals surface area contributed by atoms with Crippen LogP contribution in [0, 0.1) is 0 Å². The first-order valence-electron chi connectivity index (χ1n) is 8.24. The molecule has 1 aliphatic rings. The molecule has 3 N–H and O–H groups in total. The van der Waals surface area contributed by atoms with E-state index >= 15 is 0 Å². The molecule has 10 heteroatoms. The molecule has 1 fully saturated rings. The number of carbonyl (C=O) groups excluding carboxylic acids is 1. The zero-order valence-corrected chi connectivity index (χ0v) is 16.2. The van der Waals surface area contributed by atoms with Crippen LogP contribution in [0.25, 0.3) is 0 Å². The fourth-order valence-corrected chi connectivity index (χ4v) is 3.29. The molecule has 1 aromatic heterocycles. The van der Waals surface area contributed by atoms with Crippen molar-refractivity contribution in [3.63, 3.8) is 0 Å². The van der Waals surface area contributed by atoms with Crippen LogP contribution in [0.2, 0.25) is 0 Å². The highest BCUT2D eigenvalue weighted by Gasteiger charge is 2.35. The number of ether oxygens (including phenoxy) is 1. The quantitative estimate of drug-likeness (QED) is 0.698. The average molecular weight is 439 g/mol. The number of rotatable bonds is 4. The molecular weight excluding hydrogens is 417 g/mol. The molecule has 1 aromatic rings. The maximum absolute atomic E-state index is 12.8. The van der Waals surface area contributed by atoms with E-state index in [0.717, 1.165) is 25.9 Å². The molecule has 1 aliphatic heterocycles. The van der Waals surface area contributed by atoms with Gasteiger partial charge in [-0.25, -0.2) is 9.78 Å². The zero-order valence-electron chi connectivity index (χ0n) is 14.6. The number of hydrogen-bond acceptors (Lipinski definition) is 5. The molecule has 0 saturated carbocycles.